The standard InChI is InChI=1S/C17H15Cl3O3/c1-22-17(21)13(12-7-6-11(18)10-15(12)20)8-9-23-16-5-3-2-4-14(16)19/h2-7,10,13H,8-9H2,1H3/t13-/m0/s1. The van der Waals surface area contributed by atoms with Crippen molar-refractivity contribution >= 4 is 40.8 Å². The molecule has 0 N–H and O–H groups in total. The molecule has 0 aliphatic carbocycles. The SMILES string of the molecule is COC(=O)[C@@H](CCOc1ccccc1Cl)c1ccc(Cl)cc1Cl. The van der Waals surface area contributed by atoms with E-state index in [1.807, 2.05) is 12.1 Å². The van der Waals surface area contributed by atoms with E-state index in [-0.39, 0.29) is 5.97 Å². The van der Waals surface area contributed by atoms with E-state index in [0.717, 1.165) is 0 Å². The monoisotopic (exact) mass is 372 g/mol. The van der Waals surface area contributed by atoms with Crippen LogP contribution in [0.3, 0.4) is 0 Å². The summed E-state index contributed by atoms with van der Waals surface area (Å²) in [5, 5.41) is 1.45. The van der Waals surface area contributed by atoms with Gasteiger partial charge in [0, 0.05) is 10.0 Å². The van der Waals surface area contributed by atoms with Gasteiger partial charge in [-0.2, -0.15) is 0 Å². The van der Waals surface area contributed by atoms with Crippen LogP contribution in [0, 0.1) is 0 Å². The molecule has 0 aliphatic heterocycles. The molecule has 0 unspecified atom stereocenters. The van der Waals surface area contributed by atoms with E-state index in [1.54, 1.807) is 30.3 Å². The van der Waals surface area contributed by atoms with E-state index in [0.29, 0.717) is 39.4 Å². The number of benzene rings is 2. The maximum atomic E-state index is 12.1. The summed E-state index contributed by atoms with van der Waals surface area (Å²) < 4.78 is 10.5. The molecule has 0 radical (unpaired) electrons. The van der Waals surface area contributed by atoms with Gasteiger partial charge in [0.05, 0.1) is 24.7 Å². The molecule has 0 bridgehead atoms. The second-order valence-corrected chi connectivity index (χ2v) is 6.06. The molecule has 2 aromatic rings. The van der Waals surface area contributed by atoms with Crippen molar-refractivity contribution in [1.29, 1.82) is 0 Å². The van der Waals surface area contributed by atoms with Crippen molar-refractivity contribution < 1.29 is 14.3 Å². The summed E-state index contributed by atoms with van der Waals surface area (Å²) in [5.41, 5.74) is 0.658. The Morgan fingerprint density at radius 1 is 1.09 bits per heavy atom. The maximum Gasteiger partial charge on any atom is 0.313 e. The Morgan fingerprint density at radius 2 is 1.83 bits per heavy atom. The maximum absolute atomic E-state index is 12.1. The fourth-order valence-electron chi connectivity index (χ4n) is 2.18. The molecule has 0 amide bonds. The summed E-state index contributed by atoms with van der Waals surface area (Å²) in [4.78, 5) is 12.1. The Kier molecular flexibility index (Phi) is 6.58. The summed E-state index contributed by atoms with van der Waals surface area (Å²) in [7, 11) is 1.34. The fourth-order valence-corrected chi connectivity index (χ4v) is 2.91. The van der Waals surface area contributed by atoms with Crippen LogP contribution < -0.4 is 4.74 Å². The van der Waals surface area contributed by atoms with Gasteiger partial charge in [-0.3, -0.25) is 4.79 Å². The Bertz CT molecular complexity index is 689. The average Bonchev–Trinajstić information content (AvgIpc) is 2.53. The van der Waals surface area contributed by atoms with Crippen LogP contribution in [-0.4, -0.2) is 19.7 Å². The zero-order chi connectivity index (χ0) is 16.8. The number of carbonyl (C=O) groups is 1. The molecule has 1 atom stereocenters. The number of carbonyl (C=O) groups excluding carboxylic acids is 1. The van der Waals surface area contributed by atoms with Gasteiger partial charge >= 0.3 is 5.97 Å². The minimum Gasteiger partial charge on any atom is -0.492 e. The Labute approximate surface area is 150 Å². The summed E-state index contributed by atoms with van der Waals surface area (Å²) in [6, 6.07) is 12.2. The third kappa shape index (κ3) is 4.77. The van der Waals surface area contributed by atoms with E-state index < -0.39 is 5.92 Å². The van der Waals surface area contributed by atoms with E-state index in [1.165, 1.54) is 7.11 Å². The van der Waals surface area contributed by atoms with Gasteiger partial charge in [-0.25, -0.2) is 0 Å². The number of methoxy groups -OCH3 is 1. The summed E-state index contributed by atoms with van der Waals surface area (Å²) in [6.45, 7) is 0.294. The highest BCUT2D eigenvalue weighted by Crippen LogP contribution is 2.31. The van der Waals surface area contributed by atoms with Crippen molar-refractivity contribution in [2.45, 2.75) is 12.3 Å². The number of hydrogen-bond donors (Lipinski definition) is 0. The van der Waals surface area contributed by atoms with Gasteiger partial charge < -0.3 is 9.47 Å². The molecule has 2 aromatic carbocycles. The van der Waals surface area contributed by atoms with Crippen molar-refractivity contribution in [3.8, 4) is 5.75 Å². The number of para-hydroxylation sites is 1. The molecule has 122 valence electrons. The lowest BCUT2D eigenvalue weighted by Gasteiger charge is -2.17. The Balaban J connectivity index is 2.10. The predicted molar refractivity (Wildman–Crippen MR) is 92.8 cm³/mol. The lowest BCUT2D eigenvalue weighted by molar-refractivity contribution is -0.142. The van der Waals surface area contributed by atoms with Crippen molar-refractivity contribution in [1.82, 2.24) is 0 Å². The smallest absolute Gasteiger partial charge is 0.313 e. The molecule has 0 heterocycles. The van der Waals surface area contributed by atoms with Crippen molar-refractivity contribution in [3.05, 3.63) is 63.1 Å². The quantitative estimate of drug-likeness (QED) is 0.638. The highest BCUT2D eigenvalue weighted by Gasteiger charge is 2.24. The summed E-state index contributed by atoms with van der Waals surface area (Å²) in [5.74, 6) is -0.343. The molecule has 0 spiro atoms. The molecule has 6 heteroatoms. The van der Waals surface area contributed by atoms with Gasteiger partial charge in [-0.05, 0) is 36.2 Å². The molecule has 0 aliphatic rings. The lowest BCUT2D eigenvalue weighted by atomic mass is 9.96. The van der Waals surface area contributed by atoms with Crippen LogP contribution in [-0.2, 0) is 9.53 Å². The van der Waals surface area contributed by atoms with Crippen LogP contribution in [0.5, 0.6) is 5.75 Å². The second-order valence-electron chi connectivity index (χ2n) is 4.81. The minimum atomic E-state index is -0.535. The van der Waals surface area contributed by atoms with Crippen LogP contribution in [0.25, 0.3) is 0 Å². The topological polar surface area (TPSA) is 35.5 Å². The molecule has 2 rings (SSSR count). The number of halogens is 3. The zero-order valence-corrected chi connectivity index (χ0v) is 14.7. The molecule has 23 heavy (non-hydrogen) atoms. The van der Waals surface area contributed by atoms with Crippen molar-refractivity contribution in [3.63, 3.8) is 0 Å². The van der Waals surface area contributed by atoms with E-state index in [2.05, 4.69) is 0 Å². The zero-order valence-electron chi connectivity index (χ0n) is 12.4. The predicted octanol–water partition coefficient (Wildman–Crippen LogP) is 5.37. The number of esters is 1. The van der Waals surface area contributed by atoms with E-state index in [4.69, 9.17) is 44.3 Å². The molecule has 0 fully saturated rings. The normalized spacial score (nSPS) is 11.8. The fraction of sp³-hybridized carbons (Fsp3) is 0.235. The first kappa shape index (κ1) is 17.9. The van der Waals surface area contributed by atoms with Gasteiger partial charge in [-0.15, -0.1) is 0 Å². The number of hydrogen-bond acceptors (Lipinski definition) is 3. The molecule has 0 saturated heterocycles. The van der Waals surface area contributed by atoms with E-state index in [9.17, 15) is 4.79 Å². The molecular formula is C17H15Cl3O3. The van der Waals surface area contributed by atoms with Crippen LogP contribution in [0.15, 0.2) is 42.5 Å². The molecule has 3 nitrogen and oxygen atoms in total. The van der Waals surface area contributed by atoms with Gasteiger partial charge in [0.15, 0.2) is 0 Å². The van der Waals surface area contributed by atoms with E-state index >= 15 is 0 Å². The van der Waals surface area contributed by atoms with Crippen LogP contribution in [0.4, 0.5) is 0 Å². The Hall–Kier alpha value is -1.42. The second kappa shape index (κ2) is 8.44. The van der Waals surface area contributed by atoms with Gasteiger partial charge in [-0.1, -0.05) is 53.0 Å². The Morgan fingerprint density at radius 3 is 2.48 bits per heavy atom. The third-order valence-corrected chi connectivity index (χ3v) is 4.20. The lowest BCUT2D eigenvalue weighted by Crippen LogP contribution is -2.17. The third-order valence-electron chi connectivity index (χ3n) is 3.32. The highest BCUT2D eigenvalue weighted by atomic mass is 35.5. The van der Waals surface area contributed by atoms with Crippen molar-refractivity contribution in [2.24, 2.45) is 0 Å². The first-order valence-corrected chi connectivity index (χ1v) is 8.06. The van der Waals surface area contributed by atoms with Crippen LogP contribution in [0.2, 0.25) is 15.1 Å². The first-order valence-electron chi connectivity index (χ1n) is 6.93. The number of rotatable bonds is 6. The average molecular weight is 374 g/mol. The minimum absolute atomic E-state index is 0.294. The summed E-state index contributed by atoms with van der Waals surface area (Å²) in [6.07, 6.45) is 0.402. The van der Waals surface area contributed by atoms with Crippen LogP contribution >= 0.6 is 34.8 Å². The van der Waals surface area contributed by atoms with Crippen LogP contribution in [0.1, 0.15) is 17.9 Å². The highest BCUT2D eigenvalue weighted by molar-refractivity contribution is 6.35. The largest absolute Gasteiger partial charge is 0.492 e. The van der Waals surface area contributed by atoms with Gasteiger partial charge in [0.1, 0.15) is 5.75 Å². The first-order chi connectivity index (χ1) is 11.0. The van der Waals surface area contributed by atoms with Gasteiger partial charge in [0.2, 0.25) is 0 Å². The molecular weight excluding hydrogens is 359 g/mol. The number of ether oxygens (including phenoxy) is 2. The van der Waals surface area contributed by atoms with Crippen molar-refractivity contribution in [2.75, 3.05) is 13.7 Å². The summed E-state index contributed by atoms with van der Waals surface area (Å²) >= 11 is 18.1. The molecule has 0 aromatic heterocycles. The molecule has 0 saturated carbocycles. The van der Waals surface area contributed by atoms with Gasteiger partial charge in [0.25, 0.3) is 0 Å².